The summed E-state index contributed by atoms with van der Waals surface area (Å²) < 4.78 is 0. The lowest BCUT2D eigenvalue weighted by atomic mass is 9.87. The van der Waals surface area contributed by atoms with Crippen LogP contribution in [0, 0.1) is 0 Å². The molecule has 21 heavy (non-hydrogen) atoms. The second-order valence-corrected chi connectivity index (χ2v) is 5.30. The predicted molar refractivity (Wildman–Crippen MR) is 83.4 cm³/mol. The average molecular weight is 281 g/mol. The Morgan fingerprint density at radius 3 is 3.00 bits per heavy atom. The van der Waals surface area contributed by atoms with Gasteiger partial charge in [-0.2, -0.15) is 0 Å². The third-order valence-electron chi connectivity index (χ3n) is 3.96. The van der Waals surface area contributed by atoms with Crippen molar-refractivity contribution in [2.45, 2.75) is 25.3 Å². The van der Waals surface area contributed by atoms with Crippen molar-refractivity contribution in [3.05, 3.63) is 59.4 Å². The molecule has 1 aromatic heterocycles. The summed E-state index contributed by atoms with van der Waals surface area (Å²) in [5, 5.41) is 6.13. The van der Waals surface area contributed by atoms with Crippen molar-refractivity contribution in [3.8, 4) is 0 Å². The predicted octanol–water partition coefficient (Wildman–Crippen LogP) is 2.93. The van der Waals surface area contributed by atoms with Crippen molar-refractivity contribution in [1.29, 1.82) is 0 Å². The molecule has 0 saturated heterocycles. The summed E-state index contributed by atoms with van der Waals surface area (Å²) in [7, 11) is 1.83. The quantitative estimate of drug-likeness (QED) is 0.909. The lowest BCUT2D eigenvalue weighted by Crippen LogP contribution is -2.31. The minimum absolute atomic E-state index is 0.0856. The van der Waals surface area contributed by atoms with Crippen LogP contribution < -0.4 is 10.6 Å². The van der Waals surface area contributed by atoms with Gasteiger partial charge in [0.1, 0.15) is 5.69 Å². The Hall–Kier alpha value is -2.36. The van der Waals surface area contributed by atoms with Crippen LogP contribution in [-0.2, 0) is 6.42 Å². The molecular formula is C17H19N3O. The minimum Gasteiger partial charge on any atom is -0.388 e. The Bertz CT molecular complexity index is 654. The average Bonchev–Trinajstić information content (AvgIpc) is 2.55. The van der Waals surface area contributed by atoms with Crippen molar-refractivity contribution < 1.29 is 4.79 Å². The fourth-order valence-corrected chi connectivity index (χ4v) is 2.85. The van der Waals surface area contributed by atoms with Gasteiger partial charge in [-0.3, -0.25) is 9.78 Å². The van der Waals surface area contributed by atoms with Gasteiger partial charge in [-0.1, -0.05) is 24.3 Å². The topological polar surface area (TPSA) is 54.0 Å². The number of anilines is 1. The van der Waals surface area contributed by atoms with Crippen LogP contribution in [0.15, 0.2) is 42.6 Å². The van der Waals surface area contributed by atoms with Gasteiger partial charge in [-0.05, 0) is 42.5 Å². The Morgan fingerprint density at radius 2 is 2.14 bits per heavy atom. The van der Waals surface area contributed by atoms with Crippen LogP contribution >= 0.6 is 0 Å². The maximum atomic E-state index is 12.4. The van der Waals surface area contributed by atoms with Gasteiger partial charge in [0.25, 0.3) is 5.91 Å². The molecule has 4 heteroatoms. The molecule has 1 atom stereocenters. The van der Waals surface area contributed by atoms with Crippen molar-refractivity contribution in [1.82, 2.24) is 10.3 Å². The summed E-state index contributed by atoms with van der Waals surface area (Å²) >= 11 is 0. The molecule has 0 spiro atoms. The number of amides is 1. The number of rotatable bonds is 3. The first-order chi connectivity index (χ1) is 10.3. The van der Waals surface area contributed by atoms with E-state index >= 15 is 0 Å². The van der Waals surface area contributed by atoms with Crippen LogP contribution in [0.3, 0.4) is 0 Å². The van der Waals surface area contributed by atoms with Gasteiger partial charge < -0.3 is 10.6 Å². The number of carbonyl (C=O) groups excluding carboxylic acids is 1. The zero-order valence-corrected chi connectivity index (χ0v) is 12.1. The Labute approximate surface area is 124 Å². The Morgan fingerprint density at radius 1 is 1.29 bits per heavy atom. The van der Waals surface area contributed by atoms with Crippen LogP contribution in [0.4, 0.5) is 5.69 Å². The smallest absolute Gasteiger partial charge is 0.270 e. The van der Waals surface area contributed by atoms with Gasteiger partial charge in [-0.25, -0.2) is 0 Å². The molecule has 0 fully saturated rings. The number of hydrogen-bond donors (Lipinski definition) is 2. The third kappa shape index (κ3) is 2.89. The minimum atomic E-state index is -0.117. The summed E-state index contributed by atoms with van der Waals surface area (Å²) in [6, 6.07) is 12.0. The fraction of sp³-hybridized carbons (Fsp3) is 0.294. The number of nitrogens with zero attached hydrogens (tertiary/aromatic N) is 1. The summed E-state index contributed by atoms with van der Waals surface area (Å²) in [5.74, 6) is -0.117. The molecule has 1 aliphatic carbocycles. The molecule has 0 saturated carbocycles. The first-order valence-electron chi connectivity index (χ1n) is 7.30. The molecule has 108 valence electrons. The number of carbonyl (C=O) groups is 1. The van der Waals surface area contributed by atoms with Crippen LogP contribution in [0.25, 0.3) is 0 Å². The number of nitrogens with one attached hydrogen (secondary N) is 2. The molecule has 0 bridgehead atoms. The fourth-order valence-electron chi connectivity index (χ4n) is 2.85. The Balaban J connectivity index is 1.79. The van der Waals surface area contributed by atoms with Crippen LogP contribution in [-0.4, -0.2) is 17.9 Å². The monoisotopic (exact) mass is 281 g/mol. The van der Waals surface area contributed by atoms with E-state index in [4.69, 9.17) is 0 Å². The number of pyridine rings is 1. The van der Waals surface area contributed by atoms with Crippen molar-refractivity contribution in [3.63, 3.8) is 0 Å². The van der Waals surface area contributed by atoms with E-state index in [9.17, 15) is 4.79 Å². The van der Waals surface area contributed by atoms with Gasteiger partial charge in [0.2, 0.25) is 0 Å². The van der Waals surface area contributed by atoms with E-state index in [0.717, 1.165) is 24.9 Å². The summed E-state index contributed by atoms with van der Waals surface area (Å²) in [5.41, 5.74) is 3.91. The van der Waals surface area contributed by atoms with E-state index in [1.165, 1.54) is 11.1 Å². The molecule has 1 heterocycles. The van der Waals surface area contributed by atoms with Gasteiger partial charge >= 0.3 is 0 Å². The van der Waals surface area contributed by atoms with Gasteiger partial charge in [0.05, 0.1) is 6.04 Å². The van der Waals surface area contributed by atoms with E-state index in [1.54, 1.807) is 12.3 Å². The van der Waals surface area contributed by atoms with Gasteiger partial charge in [0, 0.05) is 18.9 Å². The standard InChI is InChI=1S/C17H19N3O/c1-18-13-9-10-19-16(11-13)17(21)20-15-8-4-6-12-5-2-3-7-14(12)15/h2-3,5,7,9-11,15H,4,6,8H2,1H3,(H,18,19)(H,20,21). The normalized spacial score (nSPS) is 16.9. The molecule has 0 aliphatic heterocycles. The second kappa shape index (κ2) is 5.95. The largest absolute Gasteiger partial charge is 0.388 e. The molecule has 2 aromatic rings. The SMILES string of the molecule is CNc1ccnc(C(=O)NC2CCCc3ccccc32)c1. The van der Waals surface area contributed by atoms with E-state index in [-0.39, 0.29) is 11.9 Å². The maximum Gasteiger partial charge on any atom is 0.270 e. The highest BCUT2D eigenvalue weighted by molar-refractivity contribution is 5.93. The molecule has 2 N–H and O–H groups in total. The molecule has 1 amide bonds. The highest BCUT2D eigenvalue weighted by Crippen LogP contribution is 2.29. The number of fused-ring (bicyclic) bond motifs is 1. The molecule has 1 aromatic carbocycles. The number of aryl methyl sites for hydroxylation is 1. The van der Waals surface area contributed by atoms with Crippen LogP contribution in [0.1, 0.15) is 40.5 Å². The lowest BCUT2D eigenvalue weighted by Gasteiger charge is -2.26. The zero-order chi connectivity index (χ0) is 14.7. The number of benzene rings is 1. The molecule has 3 rings (SSSR count). The number of hydrogen-bond acceptors (Lipinski definition) is 3. The number of aromatic nitrogens is 1. The van der Waals surface area contributed by atoms with E-state index in [1.807, 2.05) is 19.2 Å². The molecule has 1 unspecified atom stereocenters. The maximum absolute atomic E-state index is 12.4. The Kier molecular flexibility index (Phi) is 3.86. The molecule has 1 aliphatic rings. The van der Waals surface area contributed by atoms with E-state index < -0.39 is 0 Å². The lowest BCUT2D eigenvalue weighted by molar-refractivity contribution is 0.0928. The van der Waals surface area contributed by atoms with E-state index in [2.05, 4.69) is 33.8 Å². The van der Waals surface area contributed by atoms with Crippen molar-refractivity contribution in [2.24, 2.45) is 0 Å². The van der Waals surface area contributed by atoms with Crippen LogP contribution in [0.2, 0.25) is 0 Å². The van der Waals surface area contributed by atoms with Crippen molar-refractivity contribution in [2.75, 3.05) is 12.4 Å². The van der Waals surface area contributed by atoms with Gasteiger partial charge in [0.15, 0.2) is 0 Å². The van der Waals surface area contributed by atoms with Gasteiger partial charge in [-0.15, -0.1) is 0 Å². The zero-order valence-electron chi connectivity index (χ0n) is 12.1. The highest BCUT2D eigenvalue weighted by Gasteiger charge is 2.22. The first-order valence-corrected chi connectivity index (χ1v) is 7.30. The molecule has 4 nitrogen and oxygen atoms in total. The molecular weight excluding hydrogens is 262 g/mol. The van der Waals surface area contributed by atoms with Crippen LogP contribution in [0.5, 0.6) is 0 Å². The molecule has 0 radical (unpaired) electrons. The van der Waals surface area contributed by atoms with E-state index in [0.29, 0.717) is 5.69 Å². The summed E-state index contributed by atoms with van der Waals surface area (Å²) in [6.45, 7) is 0. The highest BCUT2D eigenvalue weighted by atomic mass is 16.1. The summed E-state index contributed by atoms with van der Waals surface area (Å²) in [4.78, 5) is 16.5. The van der Waals surface area contributed by atoms with Crippen molar-refractivity contribution >= 4 is 11.6 Å². The first kappa shape index (κ1) is 13.6. The third-order valence-corrected chi connectivity index (χ3v) is 3.96. The second-order valence-electron chi connectivity index (χ2n) is 5.30. The summed E-state index contributed by atoms with van der Waals surface area (Å²) in [6.07, 6.45) is 4.83.